The molecule has 2 aromatic rings. The molecule has 0 radical (unpaired) electrons. The van der Waals surface area contributed by atoms with Gasteiger partial charge in [0.1, 0.15) is 11.2 Å². The molecule has 2 atom stereocenters. The largest absolute Gasteiger partial charge is 0.444 e. The van der Waals surface area contributed by atoms with E-state index in [1.807, 2.05) is 45.0 Å². The minimum Gasteiger partial charge on any atom is -0.444 e. The van der Waals surface area contributed by atoms with E-state index < -0.39 is 5.60 Å². The van der Waals surface area contributed by atoms with Crippen molar-refractivity contribution in [3.05, 3.63) is 30.0 Å². The first-order chi connectivity index (χ1) is 12.8. The summed E-state index contributed by atoms with van der Waals surface area (Å²) in [6.07, 6.45) is 4.92. The van der Waals surface area contributed by atoms with Crippen molar-refractivity contribution in [2.45, 2.75) is 51.2 Å². The number of nitrogens with one attached hydrogen (secondary N) is 1. The lowest BCUT2D eigenvalue weighted by Gasteiger charge is -2.55. The second-order valence-corrected chi connectivity index (χ2v) is 8.84. The lowest BCUT2D eigenvalue weighted by atomic mass is 9.62. The Bertz CT molecular complexity index is 825. The van der Waals surface area contributed by atoms with Gasteiger partial charge in [-0.05, 0) is 45.2 Å². The fourth-order valence-electron chi connectivity index (χ4n) is 5.10. The zero-order valence-electron chi connectivity index (χ0n) is 16.6. The van der Waals surface area contributed by atoms with E-state index in [-0.39, 0.29) is 23.5 Å². The van der Waals surface area contributed by atoms with Crippen molar-refractivity contribution in [3.8, 4) is 0 Å². The summed E-state index contributed by atoms with van der Waals surface area (Å²) in [5, 5.41) is 8.42. The normalized spacial score (nSPS) is 28.4. The Morgan fingerprint density at radius 1 is 1.26 bits per heavy atom. The van der Waals surface area contributed by atoms with Gasteiger partial charge in [-0.25, -0.2) is 4.79 Å². The Balaban J connectivity index is 1.71. The van der Waals surface area contributed by atoms with Crippen molar-refractivity contribution in [3.63, 3.8) is 0 Å². The van der Waals surface area contributed by atoms with Crippen LogP contribution in [0, 0.1) is 11.8 Å². The van der Waals surface area contributed by atoms with E-state index in [0.717, 1.165) is 23.7 Å². The topological polar surface area (TPSA) is 67.5 Å². The number of carbonyl (C=O) groups is 1. The van der Waals surface area contributed by atoms with Crippen LogP contribution in [-0.2, 0) is 15.1 Å². The molecule has 2 unspecified atom stereocenters. The molecule has 2 bridgehead atoms. The van der Waals surface area contributed by atoms with Gasteiger partial charge in [-0.3, -0.25) is 5.10 Å². The lowest BCUT2D eigenvalue weighted by Crippen LogP contribution is -2.60. The van der Waals surface area contributed by atoms with Gasteiger partial charge >= 0.3 is 6.09 Å². The number of aromatic nitrogens is 2. The molecule has 2 fully saturated rings. The lowest BCUT2D eigenvalue weighted by molar-refractivity contribution is -0.165. The fraction of sp³-hybridized carbons (Fsp3) is 0.619. The molecule has 1 aromatic carbocycles. The highest BCUT2D eigenvalue weighted by Gasteiger charge is 2.54. The summed E-state index contributed by atoms with van der Waals surface area (Å²) in [7, 11) is 1.81. The highest BCUT2D eigenvalue weighted by Crippen LogP contribution is 2.52. The molecule has 1 saturated carbocycles. The van der Waals surface area contributed by atoms with Gasteiger partial charge in [-0.15, -0.1) is 0 Å². The van der Waals surface area contributed by atoms with E-state index in [9.17, 15) is 4.79 Å². The Labute approximate surface area is 160 Å². The Morgan fingerprint density at radius 3 is 2.59 bits per heavy atom. The number of amides is 1. The molecule has 6 heteroatoms. The monoisotopic (exact) mass is 371 g/mol. The number of H-pyrrole nitrogens is 1. The van der Waals surface area contributed by atoms with Crippen molar-refractivity contribution >= 4 is 17.0 Å². The second-order valence-electron chi connectivity index (χ2n) is 8.84. The standard InChI is InChI=1S/C21H29N3O3/c1-20(2,3)27-19(25)24-12-14-7-5-8-15(13-24)21(14,26-4)17-9-6-10-18-16(17)11-22-23-18/h6,9-11,14-15H,5,7-8,12-13H2,1-4H3,(H,22,23). The quantitative estimate of drug-likeness (QED) is 0.864. The first-order valence-electron chi connectivity index (χ1n) is 9.81. The van der Waals surface area contributed by atoms with Gasteiger partial charge in [0.2, 0.25) is 0 Å². The zero-order valence-corrected chi connectivity index (χ0v) is 16.6. The zero-order chi connectivity index (χ0) is 19.2. The number of piperidine rings is 1. The van der Waals surface area contributed by atoms with Crippen LogP contribution in [0.15, 0.2) is 24.4 Å². The highest BCUT2D eigenvalue weighted by molar-refractivity contribution is 5.82. The molecule has 1 N–H and O–H groups in total. The smallest absolute Gasteiger partial charge is 0.410 e. The Kier molecular flexibility index (Phi) is 4.41. The predicted octanol–water partition coefficient (Wildman–Crippen LogP) is 4.07. The third kappa shape index (κ3) is 3.00. The summed E-state index contributed by atoms with van der Waals surface area (Å²) < 4.78 is 12.0. The highest BCUT2D eigenvalue weighted by atomic mass is 16.6. The van der Waals surface area contributed by atoms with Gasteiger partial charge in [-0.1, -0.05) is 18.6 Å². The number of rotatable bonds is 2. The van der Waals surface area contributed by atoms with Crippen molar-refractivity contribution in [1.29, 1.82) is 0 Å². The van der Waals surface area contributed by atoms with Crippen LogP contribution in [0.3, 0.4) is 0 Å². The number of nitrogens with zero attached hydrogens (tertiary/aromatic N) is 2. The minimum atomic E-state index is -0.482. The second kappa shape index (κ2) is 6.51. The molecular formula is C21H29N3O3. The summed E-state index contributed by atoms with van der Waals surface area (Å²) in [5.41, 5.74) is 1.34. The van der Waals surface area contributed by atoms with Crippen LogP contribution < -0.4 is 0 Å². The van der Waals surface area contributed by atoms with Gasteiger partial charge in [0, 0.05) is 37.4 Å². The molecule has 1 amide bonds. The molecule has 1 aliphatic heterocycles. The van der Waals surface area contributed by atoms with Crippen LogP contribution in [0.2, 0.25) is 0 Å². The number of carbonyl (C=O) groups excluding carboxylic acids is 1. The molecule has 1 aromatic heterocycles. The number of hydrogen-bond acceptors (Lipinski definition) is 4. The van der Waals surface area contributed by atoms with Gasteiger partial charge in [0.15, 0.2) is 0 Å². The number of hydrogen-bond donors (Lipinski definition) is 1. The van der Waals surface area contributed by atoms with Gasteiger partial charge in [0.05, 0.1) is 11.7 Å². The third-order valence-corrected chi connectivity index (χ3v) is 6.09. The van der Waals surface area contributed by atoms with Crippen LogP contribution in [0.25, 0.3) is 10.9 Å². The molecule has 146 valence electrons. The average Bonchev–Trinajstić information content (AvgIpc) is 3.07. The molecule has 1 aliphatic carbocycles. The third-order valence-electron chi connectivity index (χ3n) is 6.09. The van der Waals surface area contributed by atoms with E-state index in [2.05, 4.69) is 22.3 Å². The maximum absolute atomic E-state index is 12.7. The van der Waals surface area contributed by atoms with E-state index in [4.69, 9.17) is 9.47 Å². The number of ether oxygens (including phenoxy) is 2. The van der Waals surface area contributed by atoms with Crippen molar-refractivity contribution < 1.29 is 14.3 Å². The molecule has 2 heterocycles. The first kappa shape index (κ1) is 18.3. The van der Waals surface area contributed by atoms with E-state index in [1.54, 1.807) is 0 Å². The summed E-state index contributed by atoms with van der Waals surface area (Å²) in [6, 6.07) is 6.27. The summed E-state index contributed by atoms with van der Waals surface area (Å²) in [5.74, 6) is 0.478. The molecule has 27 heavy (non-hydrogen) atoms. The Morgan fingerprint density at radius 2 is 1.96 bits per heavy atom. The predicted molar refractivity (Wildman–Crippen MR) is 103 cm³/mol. The minimum absolute atomic E-state index is 0.217. The molecule has 4 rings (SSSR count). The summed E-state index contributed by atoms with van der Waals surface area (Å²) in [6.45, 7) is 7.05. The van der Waals surface area contributed by atoms with Crippen molar-refractivity contribution in [1.82, 2.24) is 15.1 Å². The number of fused-ring (bicyclic) bond motifs is 3. The maximum Gasteiger partial charge on any atom is 0.410 e. The van der Waals surface area contributed by atoms with Crippen LogP contribution in [0.4, 0.5) is 4.79 Å². The first-order valence-corrected chi connectivity index (χ1v) is 9.81. The molecule has 2 aliphatic rings. The summed E-state index contributed by atoms with van der Waals surface area (Å²) >= 11 is 0. The van der Waals surface area contributed by atoms with Crippen molar-refractivity contribution in [2.75, 3.05) is 20.2 Å². The Hall–Kier alpha value is -2.08. The fourth-order valence-corrected chi connectivity index (χ4v) is 5.10. The summed E-state index contributed by atoms with van der Waals surface area (Å²) in [4.78, 5) is 14.6. The molecular weight excluding hydrogens is 342 g/mol. The average molecular weight is 371 g/mol. The van der Waals surface area contributed by atoms with Crippen LogP contribution >= 0.6 is 0 Å². The number of likely N-dealkylation sites (tertiary alicyclic amines) is 1. The maximum atomic E-state index is 12.7. The van der Waals surface area contributed by atoms with Gasteiger partial charge in [0.25, 0.3) is 0 Å². The number of benzene rings is 1. The van der Waals surface area contributed by atoms with Gasteiger partial charge in [-0.2, -0.15) is 5.10 Å². The van der Waals surface area contributed by atoms with E-state index in [1.165, 1.54) is 12.0 Å². The molecule has 6 nitrogen and oxygen atoms in total. The van der Waals surface area contributed by atoms with E-state index in [0.29, 0.717) is 13.1 Å². The molecule has 1 saturated heterocycles. The number of aromatic amines is 1. The SMILES string of the molecule is COC1(c2cccc3[nH]ncc23)C2CCCC1CN(C(=O)OC(C)(C)C)C2. The van der Waals surface area contributed by atoms with Crippen molar-refractivity contribution in [2.24, 2.45) is 11.8 Å². The van der Waals surface area contributed by atoms with Gasteiger partial charge < -0.3 is 14.4 Å². The van der Waals surface area contributed by atoms with Crippen LogP contribution in [-0.4, -0.2) is 47.0 Å². The van der Waals surface area contributed by atoms with E-state index >= 15 is 0 Å². The number of methoxy groups -OCH3 is 1. The molecule has 0 spiro atoms. The van der Waals surface area contributed by atoms with Crippen LogP contribution in [0.5, 0.6) is 0 Å². The van der Waals surface area contributed by atoms with Crippen LogP contribution in [0.1, 0.15) is 45.6 Å².